The number of rotatable bonds is 11. The van der Waals surface area contributed by atoms with E-state index in [1.165, 1.54) is 5.57 Å². The Hall–Kier alpha value is -1.82. The lowest BCUT2D eigenvalue weighted by Crippen LogP contribution is -2.42. The van der Waals surface area contributed by atoms with Crippen LogP contribution in [-0.4, -0.2) is 50.6 Å². The Morgan fingerprint density at radius 3 is 2.15 bits per heavy atom. The summed E-state index contributed by atoms with van der Waals surface area (Å²) in [5, 5.41) is 3.32. The molecule has 1 N–H and O–H groups in total. The van der Waals surface area contributed by atoms with Crippen molar-refractivity contribution in [1.82, 2.24) is 5.32 Å². The molecule has 0 aromatic rings. The Labute approximate surface area is 203 Å². The second kappa shape index (κ2) is 18.6. The molecule has 0 spiro atoms. The zero-order valence-electron chi connectivity index (χ0n) is 22.4. The van der Waals surface area contributed by atoms with Gasteiger partial charge in [-0.2, -0.15) is 0 Å². The molecule has 1 fully saturated rings. The van der Waals surface area contributed by atoms with E-state index >= 15 is 0 Å². The number of ketones is 1. The molecule has 5 heteroatoms. The summed E-state index contributed by atoms with van der Waals surface area (Å²) in [5.41, 5.74) is 2.31. The number of aldehydes is 1. The molecule has 33 heavy (non-hydrogen) atoms. The second-order valence-corrected chi connectivity index (χ2v) is 9.43. The number of carbonyl (C=O) groups excluding carboxylic acids is 2. The van der Waals surface area contributed by atoms with E-state index in [0.29, 0.717) is 0 Å². The van der Waals surface area contributed by atoms with Crippen molar-refractivity contribution >= 4 is 12.1 Å². The van der Waals surface area contributed by atoms with E-state index in [4.69, 9.17) is 9.47 Å². The molecule has 190 valence electrons. The molecule has 1 heterocycles. The molecule has 4 atom stereocenters. The predicted molar refractivity (Wildman–Crippen MR) is 141 cm³/mol. The van der Waals surface area contributed by atoms with Crippen molar-refractivity contribution in [2.24, 2.45) is 11.8 Å². The number of methoxy groups -OCH3 is 2. The number of hydrogen-bond donors (Lipinski definition) is 1. The SMILES string of the molecule is C=C/C=C(\C=C)CC(C=O)CCC.C=C1CNC(C(OC)C(C)C(C)=O)C1.COC(C)(C)C. The molecule has 0 saturated carbocycles. The molecule has 4 unspecified atom stereocenters. The summed E-state index contributed by atoms with van der Waals surface area (Å²) < 4.78 is 10.3. The number of nitrogens with one attached hydrogen (secondary N) is 1. The van der Waals surface area contributed by atoms with E-state index in [2.05, 4.69) is 32.0 Å². The predicted octanol–water partition coefficient (Wildman–Crippen LogP) is 5.87. The van der Waals surface area contributed by atoms with Crippen LogP contribution in [0.3, 0.4) is 0 Å². The van der Waals surface area contributed by atoms with Crippen LogP contribution in [-0.2, 0) is 19.1 Å². The lowest BCUT2D eigenvalue weighted by atomic mass is 9.93. The summed E-state index contributed by atoms with van der Waals surface area (Å²) in [7, 11) is 3.37. The first-order valence-corrected chi connectivity index (χ1v) is 11.8. The number of carbonyl (C=O) groups is 2. The first kappa shape index (κ1) is 33.4. The molecule has 0 amide bonds. The number of Topliss-reactive ketones (excluding diaryl/α,β-unsaturated/α-hetero) is 1. The molecule has 5 nitrogen and oxygen atoms in total. The molecule has 0 radical (unpaired) electrons. The molecule has 1 aliphatic heterocycles. The monoisotopic (exact) mass is 463 g/mol. The minimum absolute atomic E-state index is 0.0354. The van der Waals surface area contributed by atoms with Gasteiger partial charge in [0.25, 0.3) is 0 Å². The van der Waals surface area contributed by atoms with Gasteiger partial charge in [0.15, 0.2) is 0 Å². The number of hydrogen-bond acceptors (Lipinski definition) is 5. The Kier molecular flexibility index (Phi) is 18.8. The van der Waals surface area contributed by atoms with Crippen molar-refractivity contribution in [2.75, 3.05) is 20.8 Å². The van der Waals surface area contributed by atoms with Crippen molar-refractivity contribution in [3.63, 3.8) is 0 Å². The first-order chi connectivity index (χ1) is 15.4. The molecule has 0 aromatic carbocycles. The maximum atomic E-state index is 11.3. The molecule has 1 aliphatic rings. The smallest absolute Gasteiger partial charge is 0.135 e. The van der Waals surface area contributed by atoms with Crippen molar-refractivity contribution in [3.8, 4) is 0 Å². The van der Waals surface area contributed by atoms with Crippen LogP contribution in [0.15, 0.2) is 49.1 Å². The van der Waals surface area contributed by atoms with E-state index in [1.54, 1.807) is 33.3 Å². The standard InChI is InChI=1S/C12H18O.C11H19NO2.C5H12O/c1-4-7-11(6-3)9-12(10-13)8-5-2;1-7-5-10(12-6-7)11(14-4)8(2)9(3)13;1-5(2,3)6-4/h4,6-7,10,12H,1,3,5,8-9H2,2H3;8,10-12H,1,5-6H2,2-4H3;1-4H3/b11-7+;;. The number of ether oxygens (including phenoxy) is 2. The highest BCUT2D eigenvalue weighted by molar-refractivity contribution is 5.78. The maximum Gasteiger partial charge on any atom is 0.135 e. The van der Waals surface area contributed by atoms with Crippen LogP contribution in [0.1, 0.15) is 67.2 Å². The lowest BCUT2D eigenvalue weighted by Gasteiger charge is -2.26. The molecule has 1 saturated heterocycles. The third kappa shape index (κ3) is 16.4. The highest BCUT2D eigenvalue weighted by Gasteiger charge is 2.32. The minimum Gasteiger partial charge on any atom is -0.379 e. The van der Waals surface area contributed by atoms with Gasteiger partial charge in [-0.05, 0) is 52.5 Å². The van der Waals surface area contributed by atoms with Gasteiger partial charge in [0.1, 0.15) is 12.1 Å². The van der Waals surface area contributed by atoms with Crippen LogP contribution in [0.2, 0.25) is 0 Å². The van der Waals surface area contributed by atoms with E-state index in [0.717, 1.165) is 44.1 Å². The van der Waals surface area contributed by atoms with Crippen LogP contribution in [0.4, 0.5) is 0 Å². The van der Waals surface area contributed by atoms with Crippen molar-refractivity contribution in [1.29, 1.82) is 0 Å². The zero-order valence-corrected chi connectivity index (χ0v) is 22.4. The zero-order chi connectivity index (χ0) is 26.0. The molecule has 0 bridgehead atoms. The van der Waals surface area contributed by atoms with E-state index in [-0.39, 0.29) is 35.4 Å². The highest BCUT2D eigenvalue weighted by Crippen LogP contribution is 2.21. The average Bonchev–Trinajstić information content (AvgIpc) is 3.19. The third-order valence-electron chi connectivity index (χ3n) is 5.48. The van der Waals surface area contributed by atoms with Gasteiger partial charge in [0.05, 0.1) is 11.7 Å². The lowest BCUT2D eigenvalue weighted by molar-refractivity contribution is -0.125. The summed E-state index contributed by atoms with van der Waals surface area (Å²) in [6.07, 6.45) is 10.1. The summed E-state index contributed by atoms with van der Waals surface area (Å²) in [5.74, 6) is 0.258. The fourth-order valence-electron chi connectivity index (χ4n) is 3.17. The molecular formula is C28H49NO4. The molecule has 0 aromatic heterocycles. The van der Waals surface area contributed by atoms with E-state index < -0.39 is 0 Å². The van der Waals surface area contributed by atoms with Gasteiger partial charge in [-0.3, -0.25) is 4.79 Å². The van der Waals surface area contributed by atoms with Gasteiger partial charge >= 0.3 is 0 Å². The first-order valence-electron chi connectivity index (χ1n) is 11.8. The summed E-state index contributed by atoms with van der Waals surface area (Å²) in [6, 6.07) is 0.242. The van der Waals surface area contributed by atoms with Gasteiger partial charge in [-0.25, -0.2) is 0 Å². The maximum absolute atomic E-state index is 11.3. The summed E-state index contributed by atoms with van der Waals surface area (Å²) >= 11 is 0. The van der Waals surface area contributed by atoms with E-state index in [9.17, 15) is 9.59 Å². The van der Waals surface area contributed by atoms with Crippen molar-refractivity contribution in [3.05, 3.63) is 49.1 Å². The Balaban J connectivity index is 0. The quantitative estimate of drug-likeness (QED) is 0.236. The van der Waals surface area contributed by atoms with Gasteiger partial charge in [0, 0.05) is 38.6 Å². The van der Waals surface area contributed by atoms with Crippen LogP contribution in [0.25, 0.3) is 0 Å². The van der Waals surface area contributed by atoms with Crippen LogP contribution < -0.4 is 5.32 Å². The van der Waals surface area contributed by atoms with Crippen LogP contribution >= 0.6 is 0 Å². The summed E-state index contributed by atoms with van der Waals surface area (Å²) in [4.78, 5) is 21.9. The fourth-order valence-corrected chi connectivity index (χ4v) is 3.17. The van der Waals surface area contributed by atoms with Gasteiger partial charge < -0.3 is 19.6 Å². The molecule has 1 rings (SSSR count). The van der Waals surface area contributed by atoms with Crippen LogP contribution in [0, 0.1) is 11.8 Å². The normalized spacial score (nSPS) is 18.6. The molecule has 0 aliphatic carbocycles. The van der Waals surface area contributed by atoms with Gasteiger partial charge in [-0.15, -0.1) is 0 Å². The highest BCUT2D eigenvalue weighted by atomic mass is 16.5. The minimum atomic E-state index is -0.0524. The second-order valence-electron chi connectivity index (χ2n) is 9.43. The Morgan fingerprint density at radius 2 is 1.85 bits per heavy atom. The van der Waals surface area contributed by atoms with Crippen molar-refractivity contribution in [2.45, 2.75) is 85.0 Å². The average molecular weight is 464 g/mol. The molecular weight excluding hydrogens is 414 g/mol. The Morgan fingerprint density at radius 1 is 1.27 bits per heavy atom. The van der Waals surface area contributed by atoms with Gasteiger partial charge in [-0.1, -0.05) is 63.8 Å². The topological polar surface area (TPSA) is 64.6 Å². The van der Waals surface area contributed by atoms with Crippen LogP contribution in [0.5, 0.6) is 0 Å². The van der Waals surface area contributed by atoms with Crippen molar-refractivity contribution < 1.29 is 19.1 Å². The van der Waals surface area contributed by atoms with Gasteiger partial charge in [0.2, 0.25) is 0 Å². The summed E-state index contributed by atoms with van der Waals surface area (Å²) in [6.45, 7) is 23.7. The number of allylic oxidation sites excluding steroid dienone is 4. The Bertz CT molecular complexity index is 630. The third-order valence-corrected chi connectivity index (χ3v) is 5.48. The largest absolute Gasteiger partial charge is 0.379 e. The fraction of sp³-hybridized carbons (Fsp3) is 0.643. The van der Waals surface area contributed by atoms with E-state index in [1.807, 2.05) is 33.8 Å².